The van der Waals surface area contributed by atoms with Crippen LogP contribution in [0, 0.1) is 0 Å². The Hall–Kier alpha value is -1.81. The van der Waals surface area contributed by atoms with E-state index in [1.165, 1.54) is 0 Å². The van der Waals surface area contributed by atoms with Crippen molar-refractivity contribution in [2.45, 2.75) is 19.4 Å². The number of nitrogens with two attached hydrogens (primary N) is 1. The molecule has 0 atom stereocenters. The molecular formula is C13H17N3O. The third kappa shape index (κ3) is 2.85. The van der Waals surface area contributed by atoms with Crippen molar-refractivity contribution in [2.75, 3.05) is 6.54 Å². The molecule has 1 aromatic carbocycles. The number of hydrogen-bond donors (Lipinski definition) is 2. The second-order valence-electron chi connectivity index (χ2n) is 4.07. The normalized spacial score (nSPS) is 10.6. The lowest BCUT2D eigenvalue weighted by Gasteiger charge is -2.01. The molecule has 0 saturated carbocycles. The lowest BCUT2D eigenvalue weighted by atomic mass is 10.2. The third-order valence-electron chi connectivity index (χ3n) is 2.75. The first-order valence-electron chi connectivity index (χ1n) is 5.82. The van der Waals surface area contributed by atoms with Crippen molar-refractivity contribution < 1.29 is 0 Å². The van der Waals surface area contributed by atoms with Crippen molar-refractivity contribution in [2.24, 2.45) is 5.73 Å². The van der Waals surface area contributed by atoms with Gasteiger partial charge in [0.15, 0.2) is 0 Å². The Bertz CT molecular complexity index is 513. The summed E-state index contributed by atoms with van der Waals surface area (Å²) in [6.07, 6.45) is 3.37. The fourth-order valence-electron chi connectivity index (χ4n) is 1.80. The van der Waals surface area contributed by atoms with Crippen LogP contribution in [-0.2, 0) is 13.0 Å². The summed E-state index contributed by atoms with van der Waals surface area (Å²) < 4.78 is 1.63. The van der Waals surface area contributed by atoms with Crippen LogP contribution in [0.25, 0.3) is 0 Å². The Kier molecular flexibility index (Phi) is 3.77. The van der Waals surface area contributed by atoms with E-state index in [4.69, 9.17) is 5.73 Å². The Labute approximate surface area is 100 Å². The highest BCUT2D eigenvalue weighted by Gasteiger charge is 2.05. The summed E-state index contributed by atoms with van der Waals surface area (Å²) >= 11 is 0. The third-order valence-corrected chi connectivity index (χ3v) is 2.75. The second-order valence-corrected chi connectivity index (χ2v) is 4.07. The second kappa shape index (κ2) is 5.50. The Morgan fingerprint density at radius 3 is 2.71 bits per heavy atom. The quantitative estimate of drug-likeness (QED) is 0.809. The molecule has 1 aromatic heterocycles. The lowest BCUT2D eigenvalue weighted by molar-refractivity contribution is 0.661. The van der Waals surface area contributed by atoms with E-state index in [-0.39, 0.29) is 5.56 Å². The van der Waals surface area contributed by atoms with Crippen LogP contribution >= 0.6 is 0 Å². The minimum atomic E-state index is 0.0577. The Morgan fingerprint density at radius 1 is 1.24 bits per heavy atom. The zero-order valence-corrected chi connectivity index (χ0v) is 9.73. The molecule has 0 aliphatic heterocycles. The van der Waals surface area contributed by atoms with E-state index in [2.05, 4.69) is 5.10 Å². The van der Waals surface area contributed by atoms with E-state index in [0.29, 0.717) is 13.1 Å². The zero-order chi connectivity index (χ0) is 12.1. The molecule has 2 rings (SSSR count). The number of nitrogens with zero attached hydrogens (tertiary/aromatic N) is 1. The largest absolute Gasteiger partial charge is 0.330 e. The molecule has 4 heteroatoms. The van der Waals surface area contributed by atoms with Crippen LogP contribution in [0.3, 0.4) is 0 Å². The van der Waals surface area contributed by atoms with Crippen molar-refractivity contribution in [1.29, 1.82) is 0 Å². The van der Waals surface area contributed by atoms with Crippen molar-refractivity contribution in [3.05, 3.63) is 58.0 Å². The summed E-state index contributed by atoms with van der Waals surface area (Å²) in [6.45, 7) is 1.20. The fraction of sp³-hybridized carbons (Fsp3) is 0.308. The molecule has 0 bridgehead atoms. The molecule has 3 N–H and O–H groups in total. The molecule has 4 nitrogen and oxygen atoms in total. The molecule has 1 heterocycles. The summed E-state index contributed by atoms with van der Waals surface area (Å²) in [5, 5.41) is 2.99. The Balaban J connectivity index is 2.12. The van der Waals surface area contributed by atoms with E-state index in [1.807, 2.05) is 30.3 Å². The van der Waals surface area contributed by atoms with Gasteiger partial charge in [-0.3, -0.25) is 4.79 Å². The molecular weight excluding hydrogens is 214 g/mol. The summed E-state index contributed by atoms with van der Waals surface area (Å²) in [5.41, 5.74) is 7.42. The predicted molar refractivity (Wildman–Crippen MR) is 68.0 cm³/mol. The van der Waals surface area contributed by atoms with Gasteiger partial charge in [-0.2, -0.15) is 0 Å². The topological polar surface area (TPSA) is 63.8 Å². The molecule has 0 fully saturated rings. The van der Waals surface area contributed by atoms with Gasteiger partial charge in [0.25, 0.3) is 5.56 Å². The minimum Gasteiger partial charge on any atom is -0.330 e. The van der Waals surface area contributed by atoms with Gasteiger partial charge in [0.1, 0.15) is 0 Å². The number of rotatable bonds is 5. The van der Waals surface area contributed by atoms with E-state index in [9.17, 15) is 4.79 Å². The SMILES string of the molecule is NCCCc1c[nH]n(Cc2ccccc2)c1=O. The monoisotopic (exact) mass is 231 g/mol. The van der Waals surface area contributed by atoms with Crippen LogP contribution in [0.15, 0.2) is 41.3 Å². The minimum absolute atomic E-state index is 0.0577. The molecule has 0 spiro atoms. The molecule has 0 amide bonds. The van der Waals surface area contributed by atoms with Crippen molar-refractivity contribution >= 4 is 0 Å². The average molecular weight is 231 g/mol. The highest BCUT2D eigenvalue weighted by Crippen LogP contribution is 2.01. The molecule has 2 aromatic rings. The van der Waals surface area contributed by atoms with Gasteiger partial charge in [-0.1, -0.05) is 30.3 Å². The van der Waals surface area contributed by atoms with E-state index < -0.39 is 0 Å². The predicted octanol–water partition coefficient (Wildman–Crippen LogP) is 1.12. The maximum absolute atomic E-state index is 12.0. The van der Waals surface area contributed by atoms with Crippen molar-refractivity contribution in [3.8, 4) is 0 Å². The van der Waals surface area contributed by atoms with Crippen LogP contribution in [0.4, 0.5) is 0 Å². The maximum Gasteiger partial charge on any atom is 0.269 e. The number of aromatic nitrogens is 2. The van der Waals surface area contributed by atoms with Crippen LogP contribution in [-0.4, -0.2) is 16.3 Å². The number of benzene rings is 1. The smallest absolute Gasteiger partial charge is 0.269 e. The van der Waals surface area contributed by atoms with Crippen LogP contribution in [0.2, 0.25) is 0 Å². The lowest BCUT2D eigenvalue weighted by Crippen LogP contribution is -2.20. The number of aryl methyl sites for hydroxylation is 1. The van der Waals surface area contributed by atoms with Gasteiger partial charge in [0.2, 0.25) is 0 Å². The average Bonchev–Trinajstić information content (AvgIpc) is 2.70. The van der Waals surface area contributed by atoms with Gasteiger partial charge in [-0.05, 0) is 24.9 Å². The zero-order valence-electron chi connectivity index (χ0n) is 9.73. The van der Waals surface area contributed by atoms with Crippen LogP contribution in [0.5, 0.6) is 0 Å². The standard InChI is InChI=1S/C13H17N3O/c14-8-4-7-12-9-15-16(13(12)17)10-11-5-2-1-3-6-11/h1-3,5-6,9,15H,4,7-8,10,14H2. The molecule has 0 aliphatic carbocycles. The van der Waals surface area contributed by atoms with Crippen LogP contribution < -0.4 is 11.3 Å². The Morgan fingerprint density at radius 2 is 2.00 bits per heavy atom. The number of H-pyrrole nitrogens is 1. The van der Waals surface area contributed by atoms with Gasteiger partial charge < -0.3 is 10.8 Å². The molecule has 0 unspecified atom stereocenters. The molecule has 90 valence electrons. The van der Waals surface area contributed by atoms with Crippen molar-refractivity contribution in [1.82, 2.24) is 9.78 Å². The summed E-state index contributed by atoms with van der Waals surface area (Å²) in [6, 6.07) is 9.92. The summed E-state index contributed by atoms with van der Waals surface area (Å²) in [5.74, 6) is 0. The highest BCUT2D eigenvalue weighted by atomic mass is 16.1. The summed E-state index contributed by atoms with van der Waals surface area (Å²) in [4.78, 5) is 12.0. The number of hydrogen-bond acceptors (Lipinski definition) is 2. The molecule has 0 aliphatic rings. The van der Waals surface area contributed by atoms with Gasteiger partial charge in [0, 0.05) is 11.8 Å². The number of aromatic amines is 1. The summed E-state index contributed by atoms with van der Waals surface area (Å²) in [7, 11) is 0. The molecule has 0 saturated heterocycles. The van der Waals surface area contributed by atoms with Gasteiger partial charge >= 0.3 is 0 Å². The maximum atomic E-state index is 12.0. The molecule has 0 radical (unpaired) electrons. The first kappa shape index (κ1) is 11.7. The first-order chi connectivity index (χ1) is 8.31. The highest BCUT2D eigenvalue weighted by molar-refractivity contribution is 5.15. The van der Waals surface area contributed by atoms with Crippen LogP contribution in [0.1, 0.15) is 17.5 Å². The van der Waals surface area contributed by atoms with Crippen molar-refractivity contribution in [3.63, 3.8) is 0 Å². The first-order valence-corrected chi connectivity index (χ1v) is 5.82. The fourth-order valence-corrected chi connectivity index (χ4v) is 1.80. The van der Waals surface area contributed by atoms with Gasteiger partial charge in [-0.25, -0.2) is 4.68 Å². The number of nitrogens with one attached hydrogen (secondary N) is 1. The van der Waals surface area contributed by atoms with E-state index in [0.717, 1.165) is 24.0 Å². The molecule has 17 heavy (non-hydrogen) atoms. The van der Waals surface area contributed by atoms with Gasteiger partial charge in [0.05, 0.1) is 6.54 Å². The van der Waals surface area contributed by atoms with E-state index >= 15 is 0 Å². The van der Waals surface area contributed by atoms with E-state index in [1.54, 1.807) is 10.9 Å². The van der Waals surface area contributed by atoms with Gasteiger partial charge in [-0.15, -0.1) is 0 Å².